The minimum absolute atomic E-state index is 0.372. The molecule has 5 heteroatoms. The van der Waals surface area contributed by atoms with Gasteiger partial charge in [-0.15, -0.1) is 11.3 Å². The Hall–Kier alpha value is -1.17. The molecule has 0 amide bonds. The molecule has 19 heavy (non-hydrogen) atoms. The van der Waals surface area contributed by atoms with Crippen LogP contribution in [0, 0.1) is 0 Å². The third-order valence-electron chi connectivity index (χ3n) is 3.04. The summed E-state index contributed by atoms with van der Waals surface area (Å²) in [5.41, 5.74) is 0. The first kappa shape index (κ1) is 14.2. The number of carboxylic acids is 1. The lowest BCUT2D eigenvalue weighted by molar-refractivity contribution is -0.131. The Balaban J connectivity index is 1.83. The molecule has 1 atom stereocenters. The van der Waals surface area contributed by atoms with Gasteiger partial charge in [0.1, 0.15) is 0 Å². The van der Waals surface area contributed by atoms with Gasteiger partial charge in [0.25, 0.3) is 0 Å². The van der Waals surface area contributed by atoms with Crippen LogP contribution in [0.1, 0.15) is 22.6 Å². The Morgan fingerprint density at radius 1 is 1.63 bits per heavy atom. The molecule has 1 unspecified atom stereocenters. The van der Waals surface area contributed by atoms with Crippen molar-refractivity contribution in [1.82, 2.24) is 4.90 Å². The van der Waals surface area contributed by atoms with E-state index in [1.165, 1.54) is 17.4 Å². The predicted octanol–water partition coefficient (Wildman–Crippen LogP) is 2.46. The Labute approximate surface area is 117 Å². The van der Waals surface area contributed by atoms with Gasteiger partial charge >= 0.3 is 5.97 Å². The lowest BCUT2D eigenvalue weighted by Gasteiger charge is -2.19. The van der Waals surface area contributed by atoms with Gasteiger partial charge in [0.2, 0.25) is 0 Å². The molecule has 1 aromatic heterocycles. The van der Waals surface area contributed by atoms with Crippen LogP contribution in [0.3, 0.4) is 0 Å². The van der Waals surface area contributed by atoms with Crippen molar-refractivity contribution in [1.29, 1.82) is 0 Å². The monoisotopic (exact) mass is 281 g/mol. The van der Waals surface area contributed by atoms with Crippen molar-refractivity contribution >= 4 is 23.4 Å². The molecule has 0 bridgehead atoms. The number of hydrogen-bond acceptors (Lipinski definition) is 4. The van der Waals surface area contributed by atoms with Gasteiger partial charge in [-0.25, -0.2) is 4.79 Å². The van der Waals surface area contributed by atoms with Crippen molar-refractivity contribution in [3.63, 3.8) is 0 Å². The molecule has 0 aromatic carbocycles. The molecule has 0 spiro atoms. The van der Waals surface area contributed by atoms with E-state index in [-0.39, 0.29) is 0 Å². The molecule has 1 aliphatic heterocycles. The molecule has 1 aliphatic rings. The van der Waals surface area contributed by atoms with Crippen LogP contribution >= 0.6 is 11.3 Å². The number of carbonyl (C=O) groups is 1. The van der Waals surface area contributed by atoms with E-state index in [9.17, 15) is 4.79 Å². The number of hydrogen-bond donors (Lipinski definition) is 1. The van der Waals surface area contributed by atoms with Crippen LogP contribution in [0.2, 0.25) is 0 Å². The molecular formula is C14H19NO3S. The van der Waals surface area contributed by atoms with Crippen molar-refractivity contribution in [3.8, 4) is 0 Å². The fourth-order valence-electron chi connectivity index (χ4n) is 2.19. The predicted molar refractivity (Wildman–Crippen MR) is 76.3 cm³/mol. The number of carboxylic acid groups (broad SMARTS) is 1. The van der Waals surface area contributed by atoms with Crippen LogP contribution in [-0.4, -0.2) is 42.3 Å². The van der Waals surface area contributed by atoms with Gasteiger partial charge in [-0.3, -0.25) is 4.90 Å². The highest BCUT2D eigenvalue weighted by Crippen LogP contribution is 2.20. The fraction of sp³-hybridized carbons (Fsp3) is 0.500. The first-order chi connectivity index (χ1) is 9.13. The number of nitrogens with zero attached hydrogens (tertiary/aromatic N) is 1. The molecule has 1 N–H and O–H groups in total. The van der Waals surface area contributed by atoms with Crippen molar-refractivity contribution in [2.75, 3.05) is 20.2 Å². The van der Waals surface area contributed by atoms with Crippen LogP contribution in [-0.2, 0) is 16.1 Å². The van der Waals surface area contributed by atoms with Gasteiger partial charge in [-0.1, -0.05) is 0 Å². The van der Waals surface area contributed by atoms with Gasteiger partial charge in [0.05, 0.1) is 6.10 Å². The summed E-state index contributed by atoms with van der Waals surface area (Å²) in [6.45, 7) is 2.73. The molecule has 1 saturated heterocycles. The van der Waals surface area contributed by atoms with Gasteiger partial charge < -0.3 is 9.84 Å². The first-order valence-corrected chi connectivity index (χ1v) is 7.25. The maximum absolute atomic E-state index is 10.4. The number of rotatable bonds is 6. The Bertz CT molecular complexity index is 449. The molecule has 2 heterocycles. The van der Waals surface area contributed by atoms with Gasteiger partial charge in [-0.05, 0) is 38.1 Å². The van der Waals surface area contributed by atoms with Crippen LogP contribution < -0.4 is 0 Å². The average molecular weight is 281 g/mol. The van der Waals surface area contributed by atoms with E-state index in [1.807, 2.05) is 6.07 Å². The number of likely N-dealkylation sites (N-methyl/N-ethyl adjacent to an activating group) is 1. The van der Waals surface area contributed by atoms with E-state index in [0.717, 1.165) is 31.0 Å². The molecule has 0 aliphatic carbocycles. The highest BCUT2D eigenvalue weighted by Gasteiger charge is 2.17. The Kier molecular flexibility index (Phi) is 5.13. The summed E-state index contributed by atoms with van der Waals surface area (Å²) < 4.78 is 5.62. The molecule has 1 aromatic rings. The Morgan fingerprint density at radius 2 is 2.47 bits per heavy atom. The normalized spacial score (nSPS) is 19.6. The molecule has 1 fully saturated rings. The summed E-state index contributed by atoms with van der Waals surface area (Å²) in [6, 6.07) is 4.01. The first-order valence-electron chi connectivity index (χ1n) is 6.43. The van der Waals surface area contributed by atoms with Gasteiger partial charge in [0, 0.05) is 35.5 Å². The minimum atomic E-state index is -0.912. The molecule has 2 rings (SSSR count). The maximum Gasteiger partial charge on any atom is 0.328 e. The topological polar surface area (TPSA) is 49.8 Å². The third kappa shape index (κ3) is 4.78. The van der Waals surface area contributed by atoms with E-state index >= 15 is 0 Å². The van der Waals surface area contributed by atoms with Crippen molar-refractivity contribution in [2.24, 2.45) is 0 Å². The molecule has 0 saturated carbocycles. The van der Waals surface area contributed by atoms with E-state index in [4.69, 9.17) is 9.84 Å². The number of ether oxygens (including phenoxy) is 1. The van der Waals surface area contributed by atoms with E-state index in [1.54, 1.807) is 17.4 Å². The lowest BCUT2D eigenvalue weighted by atomic mass is 10.2. The second kappa shape index (κ2) is 6.84. The van der Waals surface area contributed by atoms with E-state index in [2.05, 4.69) is 18.0 Å². The smallest absolute Gasteiger partial charge is 0.328 e. The van der Waals surface area contributed by atoms with E-state index in [0.29, 0.717) is 6.10 Å². The SMILES string of the molecule is CN(Cc1ccc(/C=C/C(=O)O)s1)CC1CCCO1. The lowest BCUT2D eigenvalue weighted by Crippen LogP contribution is -2.27. The van der Waals surface area contributed by atoms with Gasteiger partial charge in [-0.2, -0.15) is 0 Å². The maximum atomic E-state index is 10.4. The van der Waals surface area contributed by atoms with E-state index < -0.39 is 5.97 Å². The highest BCUT2D eigenvalue weighted by atomic mass is 32.1. The average Bonchev–Trinajstić information content (AvgIpc) is 2.98. The quantitative estimate of drug-likeness (QED) is 0.814. The van der Waals surface area contributed by atoms with Gasteiger partial charge in [0.15, 0.2) is 0 Å². The summed E-state index contributed by atoms with van der Waals surface area (Å²) in [7, 11) is 2.09. The second-order valence-corrected chi connectivity index (χ2v) is 6.01. The van der Waals surface area contributed by atoms with Crippen LogP contribution in [0.25, 0.3) is 6.08 Å². The van der Waals surface area contributed by atoms with Crippen molar-refractivity contribution in [3.05, 3.63) is 28.0 Å². The number of thiophene rings is 1. The van der Waals surface area contributed by atoms with Crippen molar-refractivity contribution in [2.45, 2.75) is 25.5 Å². The van der Waals surface area contributed by atoms with Crippen LogP contribution in [0.4, 0.5) is 0 Å². The summed E-state index contributed by atoms with van der Waals surface area (Å²) in [5.74, 6) is -0.912. The zero-order valence-corrected chi connectivity index (χ0v) is 11.9. The highest BCUT2D eigenvalue weighted by molar-refractivity contribution is 7.12. The molecule has 104 valence electrons. The number of aliphatic carboxylic acids is 1. The second-order valence-electron chi connectivity index (χ2n) is 4.81. The molecule has 0 radical (unpaired) electrons. The van der Waals surface area contributed by atoms with Crippen LogP contribution in [0.5, 0.6) is 0 Å². The largest absolute Gasteiger partial charge is 0.478 e. The Morgan fingerprint density at radius 3 is 3.16 bits per heavy atom. The third-order valence-corrected chi connectivity index (χ3v) is 4.07. The summed E-state index contributed by atoms with van der Waals surface area (Å²) >= 11 is 1.63. The summed E-state index contributed by atoms with van der Waals surface area (Å²) in [5, 5.41) is 8.58. The van der Waals surface area contributed by atoms with Crippen molar-refractivity contribution < 1.29 is 14.6 Å². The zero-order valence-electron chi connectivity index (χ0n) is 11.0. The standard InChI is InChI=1S/C14H19NO3S/c1-15(9-11-3-2-8-18-11)10-13-5-4-12(19-13)6-7-14(16)17/h4-7,11H,2-3,8-10H2,1H3,(H,16,17)/b7-6+. The molecular weight excluding hydrogens is 262 g/mol. The zero-order chi connectivity index (χ0) is 13.7. The fourth-order valence-corrected chi connectivity index (χ4v) is 3.18. The summed E-state index contributed by atoms with van der Waals surface area (Å²) in [4.78, 5) is 14.9. The van der Waals surface area contributed by atoms with Crippen LogP contribution in [0.15, 0.2) is 18.2 Å². The summed E-state index contributed by atoms with van der Waals surface area (Å²) in [6.07, 6.45) is 5.50. The molecule has 4 nitrogen and oxygen atoms in total. The minimum Gasteiger partial charge on any atom is -0.478 e.